The summed E-state index contributed by atoms with van der Waals surface area (Å²) < 4.78 is 0. The van der Waals surface area contributed by atoms with Crippen LogP contribution in [0.15, 0.2) is 34.3 Å². The molecule has 1 aliphatic rings. The van der Waals surface area contributed by atoms with Crippen molar-refractivity contribution >= 4 is 12.4 Å². The fourth-order valence-corrected chi connectivity index (χ4v) is 5.27. The molecule has 0 spiro atoms. The van der Waals surface area contributed by atoms with Gasteiger partial charge in [-0.1, -0.05) is 132 Å². The third-order valence-corrected chi connectivity index (χ3v) is 8.09. The van der Waals surface area contributed by atoms with Crippen molar-refractivity contribution in [2.24, 2.45) is 9.98 Å². The number of benzene rings is 2. The summed E-state index contributed by atoms with van der Waals surface area (Å²) in [5, 5.41) is 26.9. The van der Waals surface area contributed by atoms with Gasteiger partial charge in [-0.25, -0.2) is 0 Å². The third kappa shape index (κ3) is 8.76. The summed E-state index contributed by atoms with van der Waals surface area (Å²) in [6.45, 7) is 25.6. The van der Waals surface area contributed by atoms with Gasteiger partial charge >= 0.3 is 19.5 Å². The minimum atomic E-state index is -0.248. The second kappa shape index (κ2) is 12.7. The summed E-state index contributed by atoms with van der Waals surface area (Å²) in [5.41, 5.74) is 4.62. The molecular formula is C36H52N2O2Zn. The van der Waals surface area contributed by atoms with Gasteiger partial charge in [0.1, 0.15) is 0 Å². The molecule has 1 saturated carbocycles. The maximum atomic E-state index is 13.5. The van der Waals surface area contributed by atoms with Crippen LogP contribution in [-0.4, -0.2) is 24.5 Å². The van der Waals surface area contributed by atoms with Gasteiger partial charge < -0.3 is 10.2 Å². The fourth-order valence-electron chi connectivity index (χ4n) is 5.27. The number of nitrogens with zero attached hydrogens (tertiary/aromatic N) is 2. The van der Waals surface area contributed by atoms with Crippen LogP contribution in [0, 0.1) is 0 Å². The van der Waals surface area contributed by atoms with Crippen molar-refractivity contribution in [1.82, 2.24) is 0 Å². The molecule has 0 amide bonds. The van der Waals surface area contributed by atoms with Crippen molar-refractivity contribution in [3.8, 4) is 11.5 Å². The first kappa shape index (κ1) is 35.2. The molecule has 2 atom stereocenters. The molecule has 5 heteroatoms. The molecule has 0 radical (unpaired) electrons. The monoisotopic (exact) mass is 608 g/mol. The second-order valence-corrected chi connectivity index (χ2v) is 15.9. The van der Waals surface area contributed by atoms with E-state index in [4.69, 9.17) is 9.98 Å². The van der Waals surface area contributed by atoms with Crippen molar-refractivity contribution in [2.45, 2.75) is 143 Å². The topological polar surface area (TPSA) is 70.8 Å². The average Bonchev–Trinajstić information content (AvgIpc) is 2.80. The van der Waals surface area contributed by atoms with Crippen molar-refractivity contribution in [1.29, 1.82) is 0 Å². The molecule has 2 unspecified atom stereocenters. The molecule has 3 rings (SSSR count). The molecule has 0 N–H and O–H groups in total. The number of rotatable bonds is 4. The number of hydrogen-bond donors (Lipinski definition) is 0. The van der Waals surface area contributed by atoms with E-state index in [-0.39, 0.29) is 64.7 Å². The third-order valence-electron chi connectivity index (χ3n) is 8.09. The molecule has 1 aliphatic carbocycles. The molecule has 2 aromatic carbocycles. The van der Waals surface area contributed by atoms with Gasteiger partial charge in [-0.05, 0) is 67.9 Å². The van der Waals surface area contributed by atoms with Gasteiger partial charge in [0, 0.05) is 12.4 Å². The largest absolute Gasteiger partial charge is 2.00 e. The van der Waals surface area contributed by atoms with Gasteiger partial charge in [-0.15, -0.1) is 0 Å². The standard InChI is InChI=1S/C36H54N2O2.Zn/c1-33(2,3)25-17-23(31(39)27(19-25)35(7,8)9)21-37-29-15-13-14-16-30(29)38-22-24-18-26(34(4,5)6)20-28(32(24)40)36(10,11)12;/h17-22,29-30,39-40H,13-16H2,1-12H3;/q;+2/p-2. The normalized spacial score (nSPS) is 19.1. The number of aliphatic imine (C=N–C) groups is 2. The average molecular weight is 610 g/mol. The van der Waals surface area contributed by atoms with Crippen LogP contribution in [0.1, 0.15) is 142 Å². The van der Waals surface area contributed by atoms with E-state index >= 15 is 0 Å². The van der Waals surface area contributed by atoms with Gasteiger partial charge in [0.2, 0.25) is 0 Å². The summed E-state index contributed by atoms with van der Waals surface area (Å²) in [5.74, 6) is 0.120. The zero-order chi connectivity index (χ0) is 30.3. The van der Waals surface area contributed by atoms with Gasteiger partial charge in [0.25, 0.3) is 0 Å². The first-order valence-corrected chi connectivity index (χ1v) is 15.0. The SMILES string of the molecule is CC(C)(C)c1cc(C=NC2CCCCC2N=Cc2cc(C(C)(C)C)cc(C(C)(C)C)c2[O-])c([O-])c(C(C)(C)C)c1.[Zn+2]. The Kier molecular flexibility index (Phi) is 10.9. The van der Waals surface area contributed by atoms with E-state index in [0.29, 0.717) is 11.1 Å². The van der Waals surface area contributed by atoms with Crippen LogP contribution in [0.4, 0.5) is 0 Å². The van der Waals surface area contributed by atoms with Crippen LogP contribution >= 0.6 is 0 Å². The first-order chi connectivity index (χ1) is 18.2. The zero-order valence-electron chi connectivity index (χ0n) is 27.9. The quantitative estimate of drug-likeness (QED) is 0.261. The van der Waals surface area contributed by atoms with Gasteiger partial charge in [-0.2, -0.15) is 0 Å². The Balaban J connectivity index is 0.00000588. The summed E-state index contributed by atoms with van der Waals surface area (Å²) in [6, 6.07) is 8.15. The Labute approximate surface area is 263 Å². The summed E-state index contributed by atoms with van der Waals surface area (Å²) in [4.78, 5) is 9.95. The minimum Gasteiger partial charge on any atom is -0.872 e. The van der Waals surface area contributed by atoms with E-state index in [9.17, 15) is 10.2 Å². The Bertz CT molecular complexity index is 1170. The van der Waals surface area contributed by atoms with E-state index in [2.05, 4.69) is 95.2 Å². The van der Waals surface area contributed by atoms with Crippen molar-refractivity contribution in [3.63, 3.8) is 0 Å². The molecule has 41 heavy (non-hydrogen) atoms. The van der Waals surface area contributed by atoms with Gasteiger partial charge in [-0.3, -0.25) is 9.98 Å². The van der Waals surface area contributed by atoms with Crippen LogP contribution in [0.2, 0.25) is 0 Å². The van der Waals surface area contributed by atoms with Crippen molar-refractivity contribution in [3.05, 3.63) is 57.6 Å². The predicted molar refractivity (Wildman–Crippen MR) is 168 cm³/mol. The molecule has 2 aromatic rings. The van der Waals surface area contributed by atoms with Crippen LogP contribution in [-0.2, 0) is 41.1 Å². The van der Waals surface area contributed by atoms with E-state index in [0.717, 1.165) is 47.9 Å². The molecular weight excluding hydrogens is 558 g/mol. The van der Waals surface area contributed by atoms with Crippen molar-refractivity contribution < 1.29 is 29.7 Å². The Morgan fingerprint density at radius 3 is 1.15 bits per heavy atom. The maximum absolute atomic E-state index is 13.5. The molecule has 0 bridgehead atoms. The minimum absolute atomic E-state index is 0. The van der Waals surface area contributed by atoms with Crippen molar-refractivity contribution in [2.75, 3.05) is 0 Å². The fraction of sp³-hybridized carbons (Fsp3) is 0.611. The molecule has 0 aromatic heterocycles. The Morgan fingerprint density at radius 2 is 0.878 bits per heavy atom. The molecule has 1 fully saturated rings. The smallest absolute Gasteiger partial charge is 0.872 e. The van der Waals surface area contributed by atoms with Gasteiger partial charge in [0.05, 0.1) is 12.1 Å². The van der Waals surface area contributed by atoms with E-state index in [1.54, 1.807) is 12.4 Å². The molecule has 0 saturated heterocycles. The Morgan fingerprint density at radius 1 is 0.561 bits per heavy atom. The molecule has 4 nitrogen and oxygen atoms in total. The van der Waals surface area contributed by atoms with Crippen LogP contribution < -0.4 is 10.2 Å². The summed E-state index contributed by atoms with van der Waals surface area (Å²) >= 11 is 0. The Hall–Kier alpha value is -2.00. The van der Waals surface area contributed by atoms with Gasteiger partial charge in [0.15, 0.2) is 0 Å². The van der Waals surface area contributed by atoms with Crippen LogP contribution in [0.25, 0.3) is 0 Å². The predicted octanol–water partition coefficient (Wildman–Crippen LogP) is 7.87. The van der Waals surface area contributed by atoms with Crippen LogP contribution in [0.3, 0.4) is 0 Å². The summed E-state index contributed by atoms with van der Waals surface area (Å²) in [7, 11) is 0. The molecule has 0 aliphatic heterocycles. The first-order valence-electron chi connectivity index (χ1n) is 15.0. The van der Waals surface area contributed by atoms with E-state index < -0.39 is 0 Å². The molecule has 220 valence electrons. The summed E-state index contributed by atoms with van der Waals surface area (Å²) in [6.07, 6.45) is 7.63. The van der Waals surface area contributed by atoms with E-state index in [1.165, 1.54) is 0 Å². The molecule has 0 heterocycles. The maximum Gasteiger partial charge on any atom is 2.00 e. The second-order valence-electron chi connectivity index (χ2n) is 15.9. The van der Waals surface area contributed by atoms with Crippen LogP contribution in [0.5, 0.6) is 11.5 Å². The van der Waals surface area contributed by atoms with E-state index in [1.807, 2.05) is 12.1 Å². The zero-order valence-corrected chi connectivity index (χ0v) is 30.8. The number of hydrogen-bond acceptors (Lipinski definition) is 4.